The van der Waals surface area contributed by atoms with Gasteiger partial charge in [0.1, 0.15) is 0 Å². The van der Waals surface area contributed by atoms with Gasteiger partial charge in [-0.2, -0.15) is 0 Å². The van der Waals surface area contributed by atoms with Gasteiger partial charge in [0.2, 0.25) is 0 Å². The third kappa shape index (κ3) is 4.29. The first kappa shape index (κ1) is 13.8. The Kier molecular flexibility index (Phi) is 6.12. The van der Waals surface area contributed by atoms with Crippen LogP contribution in [0, 0.1) is 11.8 Å². The molecule has 0 aromatic carbocycles. The third-order valence-electron chi connectivity index (χ3n) is 3.94. The van der Waals surface area contributed by atoms with E-state index < -0.39 is 0 Å². The smallest absolute Gasteiger partial charge is 0.0277 e. The van der Waals surface area contributed by atoms with E-state index in [1.165, 1.54) is 44.1 Å². The minimum atomic E-state index is 0.604. The zero-order valence-electron chi connectivity index (χ0n) is 11.6. The monoisotopic (exact) mass is 223 g/mol. The summed E-state index contributed by atoms with van der Waals surface area (Å²) in [6.07, 6.45) is 10.9. The van der Waals surface area contributed by atoms with Gasteiger partial charge in [-0.3, -0.25) is 0 Å². The van der Waals surface area contributed by atoms with Crippen molar-refractivity contribution in [3.8, 4) is 0 Å². The lowest BCUT2D eigenvalue weighted by atomic mass is 9.77. The molecule has 1 aliphatic rings. The molecule has 1 unspecified atom stereocenters. The maximum Gasteiger partial charge on any atom is 0.0277 e. The maximum absolute atomic E-state index is 3.47. The Balaban J connectivity index is 2.42. The van der Waals surface area contributed by atoms with E-state index in [9.17, 15) is 0 Å². The predicted octanol–water partition coefficient (Wildman–Crippen LogP) is 4.15. The molecule has 0 amide bonds. The highest BCUT2D eigenvalue weighted by Gasteiger charge is 2.24. The normalized spacial score (nSPS) is 27.5. The summed E-state index contributed by atoms with van der Waals surface area (Å²) in [7, 11) is 2.10. The van der Waals surface area contributed by atoms with Crippen molar-refractivity contribution in [3.63, 3.8) is 0 Å². The predicted molar refractivity (Wildman–Crippen MR) is 72.6 cm³/mol. The molecule has 94 valence electrons. The van der Waals surface area contributed by atoms with Crippen molar-refractivity contribution in [1.82, 2.24) is 5.32 Å². The average Bonchev–Trinajstić information content (AvgIpc) is 2.27. The number of allylic oxidation sites excluding steroid dienone is 1. The fourth-order valence-electron chi connectivity index (χ4n) is 3.06. The highest BCUT2D eigenvalue weighted by Crippen LogP contribution is 2.33. The topological polar surface area (TPSA) is 12.0 Å². The molecule has 1 atom stereocenters. The average molecular weight is 223 g/mol. The van der Waals surface area contributed by atoms with Crippen molar-refractivity contribution >= 4 is 0 Å². The third-order valence-corrected chi connectivity index (χ3v) is 3.94. The van der Waals surface area contributed by atoms with Gasteiger partial charge in [0, 0.05) is 6.04 Å². The Hall–Kier alpha value is -0.300. The van der Waals surface area contributed by atoms with Crippen LogP contribution in [-0.4, -0.2) is 13.1 Å². The van der Waals surface area contributed by atoms with Gasteiger partial charge in [0.05, 0.1) is 0 Å². The number of rotatable bonds is 5. The number of hydrogen-bond donors (Lipinski definition) is 1. The second-order valence-corrected chi connectivity index (χ2v) is 5.63. The van der Waals surface area contributed by atoms with E-state index in [2.05, 4.69) is 39.2 Å². The molecule has 1 fully saturated rings. The lowest BCUT2D eigenvalue weighted by molar-refractivity contribution is 0.236. The van der Waals surface area contributed by atoms with Gasteiger partial charge in [0.15, 0.2) is 0 Å². The van der Waals surface area contributed by atoms with Crippen LogP contribution in [0.1, 0.15) is 59.3 Å². The maximum atomic E-state index is 3.47. The zero-order valence-corrected chi connectivity index (χ0v) is 11.6. The SMILES string of the molecule is CCCC1CCC(C(C=C(C)C)NC)CC1. The van der Waals surface area contributed by atoms with Crippen LogP contribution in [-0.2, 0) is 0 Å². The molecule has 0 aromatic heterocycles. The van der Waals surface area contributed by atoms with Crippen molar-refractivity contribution in [2.24, 2.45) is 11.8 Å². The van der Waals surface area contributed by atoms with Crippen LogP contribution in [0.15, 0.2) is 11.6 Å². The summed E-state index contributed by atoms with van der Waals surface area (Å²) < 4.78 is 0. The highest BCUT2D eigenvalue weighted by molar-refractivity contribution is 5.03. The number of likely N-dealkylation sites (N-methyl/N-ethyl adjacent to an activating group) is 1. The molecule has 0 aliphatic heterocycles. The molecule has 0 bridgehead atoms. The van der Waals surface area contributed by atoms with Gasteiger partial charge < -0.3 is 5.32 Å². The quantitative estimate of drug-likeness (QED) is 0.691. The molecule has 1 aliphatic carbocycles. The molecule has 0 radical (unpaired) electrons. The van der Waals surface area contributed by atoms with Gasteiger partial charge in [-0.1, -0.05) is 44.3 Å². The summed E-state index contributed by atoms with van der Waals surface area (Å²) in [5.41, 5.74) is 1.44. The first-order chi connectivity index (χ1) is 7.67. The second-order valence-electron chi connectivity index (χ2n) is 5.63. The van der Waals surface area contributed by atoms with Crippen molar-refractivity contribution < 1.29 is 0 Å². The summed E-state index contributed by atoms with van der Waals surface area (Å²) >= 11 is 0. The van der Waals surface area contributed by atoms with Gasteiger partial charge in [-0.05, 0) is 45.6 Å². The Morgan fingerprint density at radius 2 is 1.88 bits per heavy atom. The highest BCUT2D eigenvalue weighted by atomic mass is 14.9. The van der Waals surface area contributed by atoms with E-state index in [4.69, 9.17) is 0 Å². The Morgan fingerprint density at radius 3 is 2.31 bits per heavy atom. The van der Waals surface area contributed by atoms with Gasteiger partial charge in [-0.25, -0.2) is 0 Å². The molecular formula is C15H29N. The van der Waals surface area contributed by atoms with Crippen LogP contribution in [0.2, 0.25) is 0 Å². The molecule has 0 aromatic rings. The van der Waals surface area contributed by atoms with Crippen molar-refractivity contribution in [2.45, 2.75) is 65.3 Å². The van der Waals surface area contributed by atoms with Crippen LogP contribution < -0.4 is 5.32 Å². The van der Waals surface area contributed by atoms with E-state index in [1.54, 1.807) is 0 Å². The van der Waals surface area contributed by atoms with Crippen LogP contribution in [0.25, 0.3) is 0 Å². The first-order valence-electron chi connectivity index (χ1n) is 6.99. The standard InChI is InChI=1S/C15H29N/c1-5-6-13-7-9-14(10-8-13)15(16-4)11-12(2)3/h11,13-16H,5-10H2,1-4H3. The largest absolute Gasteiger partial charge is 0.313 e. The molecular weight excluding hydrogens is 194 g/mol. The van der Waals surface area contributed by atoms with E-state index in [0.717, 1.165) is 11.8 Å². The molecule has 1 saturated carbocycles. The van der Waals surface area contributed by atoms with Crippen molar-refractivity contribution in [3.05, 3.63) is 11.6 Å². The first-order valence-corrected chi connectivity index (χ1v) is 6.99. The molecule has 1 heteroatoms. The Bertz CT molecular complexity index is 207. The molecule has 0 spiro atoms. The lowest BCUT2D eigenvalue weighted by Gasteiger charge is -2.32. The number of hydrogen-bond acceptors (Lipinski definition) is 1. The summed E-state index contributed by atoms with van der Waals surface area (Å²) in [6, 6.07) is 0.604. The molecule has 1 N–H and O–H groups in total. The van der Waals surface area contributed by atoms with Crippen LogP contribution in [0.3, 0.4) is 0 Å². The molecule has 0 heterocycles. The van der Waals surface area contributed by atoms with E-state index in [1.807, 2.05) is 0 Å². The van der Waals surface area contributed by atoms with E-state index >= 15 is 0 Å². The minimum Gasteiger partial charge on any atom is -0.313 e. The van der Waals surface area contributed by atoms with Crippen LogP contribution in [0.5, 0.6) is 0 Å². The summed E-state index contributed by atoms with van der Waals surface area (Å²) in [5, 5.41) is 3.47. The number of nitrogens with one attached hydrogen (secondary N) is 1. The Morgan fingerprint density at radius 1 is 1.25 bits per heavy atom. The molecule has 16 heavy (non-hydrogen) atoms. The lowest BCUT2D eigenvalue weighted by Crippen LogP contribution is -2.34. The van der Waals surface area contributed by atoms with Gasteiger partial charge in [-0.15, -0.1) is 0 Å². The molecule has 1 nitrogen and oxygen atoms in total. The Labute approximate surface area is 102 Å². The van der Waals surface area contributed by atoms with E-state index in [-0.39, 0.29) is 0 Å². The fraction of sp³-hybridized carbons (Fsp3) is 0.867. The van der Waals surface area contributed by atoms with Crippen molar-refractivity contribution in [1.29, 1.82) is 0 Å². The van der Waals surface area contributed by atoms with Crippen molar-refractivity contribution in [2.75, 3.05) is 7.05 Å². The van der Waals surface area contributed by atoms with Crippen LogP contribution >= 0.6 is 0 Å². The summed E-state index contributed by atoms with van der Waals surface area (Å²) in [4.78, 5) is 0. The van der Waals surface area contributed by atoms with Crippen LogP contribution in [0.4, 0.5) is 0 Å². The van der Waals surface area contributed by atoms with Gasteiger partial charge >= 0.3 is 0 Å². The van der Waals surface area contributed by atoms with E-state index in [0.29, 0.717) is 6.04 Å². The minimum absolute atomic E-state index is 0.604. The fourth-order valence-corrected chi connectivity index (χ4v) is 3.06. The molecule has 1 rings (SSSR count). The summed E-state index contributed by atoms with van der Waals surface area (Å²) in [5.74, 6) is 1.89. The second kappa shape index (κ2) is 7.11. The van der Waals surface area contributed by atoms with Gasteiger partial charge in [0.25, 0.3) is 0 Å². The zero-order chi connectivity index (χ0) is 12.0. The molecule has 0 saturated heterocycles. The summed E-state index contributed by atoms with van der Waals surface area (Å²) in [6.45, 7) is 6.71.